The molecule has 0 bridgehead atoms. The highest BCUT2D eigenvalue weighted by Crippen LogP contribution is 2.25. The molecule has 3 aromatic rings. The van der Waals surface area contributed by atoms with Crippen LogP contribution in [0.25, 0.3) is 11.1 Å². The third-order valence-corrected chi connectivity index (χ3v) is 6.14. The van der Waals surface area contributed by atoms with Gasteiger partial charge in [0.05, 0.1) is 18.2 Å². The number of hydrogen-bond acceptors (Lipinski definition) is 4. The van der Waals surface area contributed by atoms with Gasteiger partial charge in [0.2, 0.25) is 0 Å². The van der Waals surface area contributed by atoms with E-state index in [-0.39, 0.29) is 0 Å². The summed E-state index contributed by atoms with van der Waals surface area (Å²) in [4.78, 5) is 0. The predicted molar refractivity (Wildman–Crippen MR) is 120 cm³/mol. The van der Waals surface area contributed by atoms with E-state index in [1.165, 1.54) is 5.56 Å². The first-order valence-electron chi connectivity index (χ1n) is 10.3. The molecule has 0 spiro atoms. The Hall–Kier alpha value is -2.58. The third-order valence-electron chi connectivity index (χ3n) is 4.75. The van der Waals surface area contributed by atoms with E-state index >= 15 is 0 Å². The Kier molecular flexibility index (Phi) is 7.48. The molecular formula is C24H28N4S. The minimum absolute atomic E-state index is 0.615. The maximum atomic E-state index is 9.36. The van der Waals surface area contributed by atoms with Crippen LogP contribution in [0.2, 0.25) is 0 Å². The molecule has 0 N–H and O–H groups in total. The Morgan fingerprint density at radius 3 is 2.52 bits per heavy atom. The van der Waals surface area contributed by atoms with Crippen molar-refractivity contribution in [1.82, 2.24) is 14.8 Å². The Balaban J connectivity index is 1.83. The van der Waals surface area contributed by atoms with Crippen LogP contribution in [0.15, 0.2) is 53.7 Å². The number of thioether (sulfide) groups is 1. The largest absolute Gasteiger partial charge is 0.302 e. The molecule has 0 unspecified atom stereocenters. The molecule has 0 radical (unpaired) electrons. The van der Waals surface area contributed by atoms with Gasteiger partial charge in [0, 0.05) is 12.2 Å². The van der Waals surface area contributed by atoms with E-state index in [2.05, 4.69) is 65.9 Å². The standard InChI is InChI=1S/C24H28N4S/c1-4-5-10-23-26-27-24(29-17-18(2)3)28(23)16-19-11-13-20(14-12-19)22-9-7-6-8-21(22)15-25/h6-9,11-14,18H,4-5,10,16-17H2,1-3H3. The van der Waals surface area contributed by atoms with E-state index < -0.39 is 0 Å². The van der Waals surface area contributed by atoms with Crippen LogP contribution in [0.1, 0.15) is 50.6 Å². The van der Waals surface area contributed by atoms with Crippen LogP contribution in [0, 0.1) is 17.2 Å². The van der Waals surface area contributed by atoms with Crippen LogP contribution in [0.5, 0.6) is 0 Å². The summed E-state index contributed by atoms with van der Waals surface area (Å²) >= 11 is 1.79. The maximum Gasteiger partial charge on any atom is 0.191 e. The number of unbranched alkanes of at least 4 members (excludes halogenated alkanes) is 1. The van der Waals surface area contributed by atoms with E-state index in [4.69, 9.17) is 0 Å². The first-order chi connectivity index (χ1) is 14.1. The van der Waals surface area contributed by atoms with E-state index in [0.29, 0.717) is 11.5 Å². The van der Waals surface area contributed by atoms with Crippen molar-refractivity contribution in [1.29, 1.82) is 5.26 Å². The van der Waals surface area contributed by atoms with Gasteiger partial charge in [-0.05, 0) is 35.1 Å². The monoisotopic (exact) mass is 404 g/mol. The highest BCUT2D eigenvalue weighted by molar-refractivity contribution is 7.99. The summed E-state index contributed by atoms with van der Waals surface area (Å²) in [7, 11) is 0. The number of benzene rings is 2. The van der Waals surface area contributed by atoms with Crippen molar-refractivity contribution in [2.75, 3.05) is 5.75 Å². The van der Waals surface area contributed by atoms with E-state index in [1.54, 1.807) is 11.8 Å². The number of aryl methyl sites for hydroxylation is 1. The van der Waals surface area contributed by atoms with Crippen molar-refractivity contribution in [3.05, 3.63) is 65.5 Å². The molecule has 0 fully saturated rings. The van der Waals surface area contributed by atoms with Crippen molar-refractivity contribution in [3.8, 4) is 17.2 Å². The molecule has 3 rings (SSSR count). The van der Waals surface area contributed by atoms with Gasteiger partial charge in [0.15, 0.2) is 5.16 Å². The quantitative estimate of drug-likeness (QED) is 0.413. The second-order valence-corrected chi connectivity index (χ2v) is 8.63. The lowest BCUT2D eigenvalue weighted by Gasteiger charge is -2.12. The van der Waals surface area contributed by atoms with Gasteiger partial charge >= 0.3 is 0 Å². The van der Waals surface area contributed by atoms with Gasteiger partial charge in [0.25, 0.3) is 0 Å². The summed E-state index contributed by atoms with van der Waals surface area (Å²) in [6.45, 7) is 7.42. The normalized spacial score (nSPS) is 11.0. The van der Waals surface area contributed by atoms with E-state index in [0.717, 1.165) is 53.7 Å². The zero-order chi connectivity index (χ0) is 20.6. The smallest absolute Gasteiger partial charge is 0.191 e. The van der Waals surface area contributed by atoms with Crippen molar-refractivity contribution in [2.24, 2.45) is 5.92 Å². The molecule has 1 heterocycles. The molecule has 4 nitrogen and oxygen atoms in total. The minimum atomic E-state index is 0.615. The SMILES string of the molecule is CCCCc1nnc(SCC(C)C)n1Cc1ccc(-c2ccccc2C#N)cc1. The van der Waals surface area contributed by atoms with Crippen LogP contribution >= 0.6 is 11.8 Å². The van der Waals surface area contributed by atoms with Crippen LogP contribution < -0.4 is 0 Å². The van der Waals surface area contributed by atoms with Gasteiger partial charge in [-0.25, -0.2) is 0 Å². The van der Waals surface area contributed by atoms with E-state index in [9.17, 15) is 5.26 Å². The summed E-state index contributed by atoms with van der Waals surface area (Å²) in [6, 6.07) is 18.5. The van der Waals surface area contributed by atoms with Crippen LogP contribution in [0.3, 0.4) is 0 Å². The maximum absolute atomic E-state index is 9.36. The van der Waals surface area contributed by atoms with Crippen LogP contribution in [-0.4, -0.2) is 20.5 Å². The van der Waals surface area contributed by atoms with E-state index in [1.807, 2.05) is 24.3 Å². The number of aromatic nitrogens is 3. The summed E-state index contributed by atoms with van der Waals surface area (Å²) in [5.74, 6) is 2.72. The third kappa shape index (κ3) is 5.48. The zero-order valence-corrected chi connectivity index (χ0v) is 18.2. The lowest BCUT2D eigenvalue weighted by atomic mass is 9.99. The second kappa shape index (κ2) is 10.3. The van der Waals surface area contributed by atoms with Gasteiger partial charge in [-0.2, -0.15) is 5.26 Å². The molecule has 0 aliphatic rings. The van der Waals surface area contributed by atoms with Gasteiger partial charge in [-0.3, -0.25) is 0 Å². The van der Waals surface area contributed by atoms with Crippen LogP contribution in [0.4, 0.5) is 0 Å². The fraction of sp³-hybridized carbons (Fsp3) is 0.375. The predicted octanol–water partition coefficient (Wildman–Crippen LogP) is 5.96. The molecule has 5 heteroatoms. The number of rotatable bonds is 9. The molecule has 29 heavy (non-hydrogen) atoms. The molecule has 2 aromatic carbocycles. The molecule has 0 aliphatic heterocycles. The number of hydrogen-bond donors (Lipinski definition) is 0. The lowest BCUT2D eigenvalue weighted by Crippen LogP contribution is -2.07. The number of nitriles is 1. The van der Waals surface area contributed by atoms with Gasteiger partial charge in [-0.1, -0.05) is 81.4 Å². The average Bonchev–Trinajstić information content (AvgIpc) is 3.12. The molecule has 0 saturated heterocycles. The summed E-state index contributed by atoms with van der Waals surface area (Å²) in [5.41, 5.74) is 3.96. The topological polar surface area (TPSA) is 54.5 Å². The Morgan fingerprint density at radius 1 is 1.07 bits per heavy atom. The van der Waals surface area contributed by atoms with Gasteiger partial charge in [0.1, 0.15) is 5.82 Å². The molecule has 0 amide bonds. The molecule has 150 valence electrons. The highest BCUT2D eigenvalue weighted by Gasteiger charge is 2.14. The molecule has 0 atom stereocenters. The zero-order valence-electron chi connectivity index (χ0n) is 17.4. The van der Waals surface area contributed by atoms with Crippen molar-refractivity contribution in [3.63, 3.8) is 0 Å². The van der Waals surface area contributed by atoms with Gasteiger partial charge in [-0.15, -0.1) is 10.2 Å². The van der Waals surface area contributed by atoms with Gasteiger partial charge < -0.3 is 4.57 Å². The fourth-order valence-electron chi connectivity index (χ4n) is 3.15. The molecule has 0 saturated carbocycles. The average molecular weight is 405 g/mol. The van der Waals surface area contributed by atoms with Crippen LogP contribution in [-0.2, 0) is 13.0 Å². The fourth-order valence-corrected chi connectivity index (χ4v) is 4.06. The highest BCUT2D eigenvalue weighted by atomic mass is 32.2. The summed E-state index contributed by atoms with van der Waals surface area (Å²) in [6.07, 6.45) is 3.23. The Morgan fingerprint density at radius 2 is 1.83 bits per heavy atom. The van der Waals surface area contributed by atoms with Crippen molar-refractivity contribution >= 4 is 11.8 Å². The molecule has 0 aliphatic carbocycles. The second-order valence-electron chi connectivity index (χ2n) is 7.65. The molecule has 1 aromatic heterocycles. The summed E-state index contributed by atoms with van der Waals surface area (Å²) < 4.78 is 2.26. The summed E-state index contributed by atoms with van der Waals surface area (Å²) in [5, 5.41) is 19.3. The van der Waals surface area contributed by atoms with Crippen molar-refractivity contribution < 1.29 is 0 Å². The first-order valence-corrected chi connectivity index (χ1v) is 11.2. The number of nitrogens with zero attached hydrogens (tertiary/aromatic N) is 4. The Bertz CT molecular complexity index is 967. The first kappa shape index (κ1) is 21.1. The minimum Gasteiger partial charge on any atom is -0.302 e. The molecular weight excluding hydrogens is 376 g/mol. The Labute approximate surface area is 178 Å². The van der Waals surface area contributed by atoms with Crippen molar-refractivity contribution in [2.45, 2.75) is 51.7 Å². The lowest BCUT2D eigenvalue weighted by molar-refractivity contribution is 0.640.